The summed E-state index contributed by atoms with van der Waals surface area (Å²) in [5.74, 6) is -2.96. The van der Waals surface area contributed by atoms with E-state index in [1.807, 2.05) is 0 Å². The maximum absolute atomic E-state index is 12.5. The molecule has 0 spiro atoms. The van der Waals surface area contributed by atoms with Gasteiger partial charge in [0.25, 0.3) is 15.6 Å². The van der Waals surface area contributed by atoms with E-state index in [0.29, 0.717) is 0 Å². The van der Waals surface area contributed by atoms with Crippen LogP contribution in [0.5, 0.6) is 0 Å². The molecule has 8 atom stereocenters. The van der Waals surface area contributed by atoms with Crippen LogP contribution in [0.3, 0.4) is 0 Å². The SMILES string of the molecule is CC(C)(COP(=O)([O-])OP(=O)([O-])OC[C@H]1O[C@@H](n2cnc3c(N)ncnc32)[C@H](O)[C@@H]1OP(=O)([O-])[O-])[C@@H](O)C(=O)NCCC(=O)NCCSC(=O)CC(O)CCC(=O)[O-]. The average molecular weight is 907 g/mol. The number of aliphatic carboxylic acids is 1. The number of anilines is 1. The molecule has 2 aromatic rings. The number of aromatic nitrogens is 4. The molecule has 31 heteroatoms. The lowest BCUT2D eigenvalue weighted by atomic mass is 9.87. The number of rotatable bonds is 24. The summed E-state index contributed by atoms with van der Waals surface area (Å²) < 4.78 is 60.3. The number of nitrogen functional groups attached to an aromatic ring is 1. The largest absolute Gasteiger partial charge is 0.790 e. The summed E-state index contributed by atoms with van der Waals surface area (Å²) in [6, 6.07) is 0. The summed E-state index contributed by atoms with van der Waals surface area (Å²) in [5, 5.41) is 45.6. The van der Waals surface area contributed by atoms with Gasteiger partial charge >= 0.3 is 0 Å². The third-order valence-electron chi connectivity index (χ3n) is 7.82. The Bertz CT molecular complexity index is 1920. The predicted molar refractivity (Wildman–Crippen MR) is 183 cm³/mol. The molecule has 7 N–H and O–H groups in total. The average Bonchev–Trinajstić information content (AvgIpc) is 3.67. The molecule has 0 aliphatic carbocycles. The van der Waals surface area contributed by atoms with Crippen LogP contribution in [-0.4, -0.2) is 120 Å². The van der Waals surface area contributed by atoms with Gasteiger partial charge in [0.1, 0.15) is 36.3 Å². The summed E-state index contributed by atoms with van der Waals surface area (Å²) in [7, 11) is -17.7. The Morgan fingerprint density at radius 2 is 1.71 bits per heavy atom. The van der Waals surface area contributed by atoms with Gasteiger partial charge in [-0.15, -0.1) is 0 Å². The smallest absolute Gasteiger partial charge is 0.274 e. The summed E-state index contributed by atoms with van der Waals surface area (Å²) in [5.41, 5.74) is 3.98. The fourth-order valence-corrected chi connectivity index (χ4v) is 8.39. The minimum Gasteiger partial charge on any atom is -0.790 e. The van der Waals surface area contributed by atoms with Gasteiger partial charge in [-0.2, -0.15) is 0 Å². The summed E-state index contributed by atoms with van der Waals surface area (Å²) in [4.78, 5) is 106. The number of carboxylic acids is 1. The molecular weight excluding hydrogens is 867 g/mol. The second kappa shape index (κ2) is 21.0. The highest BCUT2D eigenvalue weighted by Crippen LogP contribution is 2.56. The van der Waals surface area contributed by atoms with Crippen molar-refractivity contribution < 1.29 is 95.5 Å². The molecule has 2 aromatic heterocycles. The molecule has 3 heterocycles. The van der Waals surface area contributed by atoms with E-state index in [4.69, 9.17) is 10.5 Å². The van der Waals surface area contributed by atoms with Crippen LogP contribution in [0.25, 0.3) is 11.2 Å². The highest BCUT2D eigenvalue weighted by molar-refractivity contribution is 8.13. The van der Waals surface area contributed by atoms with Crippen molar-refractivity contribution in [3.63, 3.8) is 0 Å². The molecule has 1 saturated heterocycles. The van der Waals surface area contributed by atoms with E-state index in [-0.39, 0.29) is 55.1 Å². The van der Waals surface area contributed by atoms with Gasteiger partial charge in [0, 0.05) is 43.1 Å². The zero-order chi connectivity index (χ0) is 43.6. The van der Waals surface area contributed by atoms with Crippen LogP contribution in [0.2, 0.25) is 0 Å². The number of carbonyl (C=O) groups is 4. The van der Waals surface area contributed by atoms with Gasteiger partial charge in [0.2, 0.25) is 11.8 Å². The molecule has 0 aromatic carbocycles. The van der Waals surface area contributed by atoms with Crippen LogP contribution in [0.1, 0.15) is 45.8 Å². The number of carboxylic acid groups (broad SMARTS) is 1. The number of amides is 2. The zero-order valence-corrected chi connectivity index (χ0v) is 33.9. The van der Waals surface area contributed by atoms with Crippen molar-refractivity contribution in [2.45, 2.75) is 76.3 Å². The first-order chi connectivity index (χ1) is 26.8. The van der Waals surface area contributed by atoms with Crippen molar-refractivity contribution in [1.29, 1.82) is 0 Å². The van der Waals surface area contributed by atoms with Gasteiger partial charge < -0.3 is 84.0 Å². The number of thioether (sulfide) groups is 1. The maximum atomic E-state index is 12.5. The second-order valence-corrected chi connectivity index (χ2v) is 18.2. The Labute approximate surface area is 332 Å². The summed E-state index contributed by atoms with van der Waals surface area (Å²) >= 11 is 0.798. The third-order valence-corrected chi connectivity index (χ3v) is 11.7. The Hall–Kier alpha value is -3.01. The number of nitrogens with zero attached hydrogens (tertiary/aromatic N) is 4. The van der Waals surface area contributed by atoms with E-state index in [0.717, 1.165) is 42.8 Å². The molecular formula is C27H39N7O20P3S-5. The normalized spacial score (nSPS) is 21.8. The highest BCUT2D eigenvalue weighted by atomic mass is 32.2. The maximum Gasteiger partial charge on any atom is 0.274 e. The lowest BCUT2D eigenvalue weighted by molar-refractivity contribution is -0.347. The fourth-order valence-electron chi connectivity index (χ4n) is 4.91. The Balaban J connectivity index is 1.45. The minimum absolute atomic E-state index is 0.0270. The van der Waals surface area contributed by atoms with Crippen molar-refractivity contribution in [3.05, 3.63) is 12.7 Å². The van der Waals surface area contributed by atoms with Crippen LogP contribution in [0, 0.1) is 5.41 Å². The third kappa shape index (κ3) is 15.5. The lowest BCUT2D eigenvalue weighted by Crippen LogP contribution is -2.46. The van der Waals surface area contributed by atoms with Crippen molar-refractivity contribution in [2.75, 3.05) is 37.8 Å². The first-order valence-electron chi connectivity index (χ1n) is 16.7. The first kappa shape index (κ1) is 49.4. The molecule has 3 unspecified atom stereocenters. The minimum atomic E-state index is -5.94. The van der Waals surface area contributed by atoms with Crippen molar-refractivity contribution in [2.24, 2.45) is 5.41 Å². The molecule has 0 radical (unpaired) electrons. The van der Waals surface area contributed by atoms with E-state index in [9.17, 15) is 72.9 Å². The number of imidazole rings is 1. The van der Waals surface area contributed by atoms with E-state index in [2.05, 4.69) is 43.5 Å². The predicted octanol–water partition coefficient (Wildman–Crippen LogP) is -5.58. The number of phosphoric ester groups is 3. The zero-order valence-electron chi connectivity index (χ0n) is 30.4. The number of nitrogens with two attached hydrogens (primary N) is 1. The van der Waals surface area contributed by atoms with Gasteiger partial charge in [-0.3, -0.25) is 28.1 Å². The molecule has 3 rings (SSSR count). The highest BCUT2D eigenvalue weighted by Gasteiger charge is 2.47. The number of phosphoric acid groups is 3. The number of carbonyl (C=O) groups excluding carboxylic acids is 4. The van der Waals surface area contributed by atoms with Gasteiger partial charge in [0.15, 0.2) is 22.8 Å². The van der Waals surface area contributed by atoms with E-state index in [1.54, 1.807) is 0 Å². The van der Waals surface area contributed by atoms with E-state index in [1.165, 1.54) is 0 Å². The van der Waals surface area contributed by atoms with Crippen LogP contribution in [0.15, 0.2) is 12.7 Å². The van der Waals surface area contributed by atoms with Crippen molar-refractivity contribution in [3.8, 4) is 0 Å². The molecule has 0 saturated carbocycles. The lowest BCUT2D eigenvalue weighted by Gasteiger charge is -2.36. The summed E-state index contributed by atoms with van der Waals surface area (Å²) in [6.45, 7) is -0.284. The van der Waals surface area contributed by atoms with Crippen LogP contribution in [-0.2, 0) is 55.5 Å². The molecule has 27 nitrogen and oxygen atoms in total. The van der Waals surface area contributed by atoms with Crippen LogP contribution < -0.4 is 41.0 Å². The van der Waals surface area contributed by atoms with Gasteiger partial charge in [-0.1, -0.05) is 25.6 Å². The Morgan fingerprint density at radius 1 is 1.03 bits per heavy atom. The number of nitrogens with one attached hydrogen (secondary N) is 2. The van der Waals surface area contributed by atoms with Crippen LogP contribution in [0.4, 0.5) is 5.82 Å². The number of aliphatic hydroxyl groups excluding tert-OH is 3. The van der Waals surface area contributed by atoms with E-state index < -0.39 is 108 Å². The first-order valence-corrected chi connectivity index (χ1v) is 22.0. The quantitative estimate of drug-likeness (QED) is 0.0422. The summed E-state index contributed by atoms with van der Waals surface area (Å²) in [6.07, 6.45) is -9.85. The topological polar surface area (TPSA) is 435 Å². The number of hydrogen-bond acceptors (Lipinski definition) is 25. The molecule has 1 aliphatic rings. The molecule has 0 bridgehead atoms. The van der Waals surface area contributed by atoms with E-state index >= 15 is 0 Å². The number of fused-ring (bicyclic) bond motifs is 1. The van der Waals surface area contributed by atoms with Gasteiger partial charge in [0.05, 0.1) is 33.5 Å². The fraction of sp³-hybridized carbons (Fsp3) is 0.667. The van der Waals surface area contributed by atoms with Gasteiger partial charge in [-0.25, -0.2) is 19.3 Å². The van der Waals surface area contributed by atoms with Crippen molar-refractivity contribution >= 4 is 75.1 Å². The standard InChI is InChI=1S/C27H44N7O20P3S/c1-27(2,22(41)25(42)30-6-5-16(36)29-7-8-58-18(39)9-14(35)3-4-17(37)38)11-51-57(48,49)54-56(46,47)50-10-15-21(53-55(43,44)45)20(40)26(52-15)34-13-33-19-23(28)31-12-32-24(19)34/h12-15,20-22,26,35,40-41H,3-11H2,1-2H3,(H,29,36)(H,30,42)(H,37,38)(H,46,47)(H,48,49)(H2,28,31,32)(H2,43,44,45)/p-5/t14?,15-,20-,21-,22+,26-/m1/s1. The van der Waals surface area contributed by atoms with Crippen LogP contribution >= 0.6 is 35.2 Å². The molecule has 1 aliphatic heterocycles. The second-order valence-electron chi connectivity index (χ2n) is 13.0. The molecule has 1 fully saturated rings. The monoisotopic (exact) mass is 906 g/mol. The number of aliphatic hydroxyl groups is 3. The van der Waals surface area contributed by atoms with Gasteiger partial charge in [-0.05, 0) is 12.8 Å². The number of hydrogen-bond donors (Lipinski definition) is 6. The van der Waals surface area contributed by atoms with Crippen molar-refractivity contribution in [1.82, 2.24) is 30.2 Å². The molecule has 328 valence electrons. The number of ether oxygens (including phenoxy) is 1. The Morgan fingerprint density at radius 3 is 2.36 bits per heavy atom. The molecule has 58 heavy (non-hydrogen) atoms. The molecule has 2 amide bonds. The Kier molecular flexibility index (Phi) is 17.9.